The maximum absolute atomic E-state index is 13.2. The van der Waals surface area contributed by atoms with Crippen LogP contribution in [0.3, 0.4) is 0 Å². The molecule has 0 bridgehead atoms. The second kappa shape index (κ2) is 7.53. The van der Waals surface area contributed by atoms with Gasteiger partial charge in [0.15, 0.2) is 0 Å². The van der Waals surface area contributed by atoms with Crippen LogP contribution < -0.4 is 5.32 Å². The minimum Gasteiger partial charge on any atom is -0.313 e. The summed E-state index contributed by atoms with van der Waals surface area (Å²) in [6.07, 6.45) is 3.87. The number of nitrogens with zero attached hydrogens (tertiary/aromatic N) is 1. The monoisotopic (exact) mass is 342 g/mol. The van der Waals surface area contributed by atoms with E-state index in [1.54, 1.807) is 6.07 Å². The predicted octanol–water partition coefficient (Wildman–Crippen LogP) is 3.94. The quantitative estimate of drug-likeness (QED) is 0.871. The van der Waals surface area contributed by atoms with Gasteiger partial charge in [-0.25, -0.2) is 4.39 Å². The second-order valence-corrected chi connectivity index (χ2v) is 6.76. The molecule has 20 heavy (non-hydrogen) atoms. The normalized spacial score (nSPS) is 19.8. The van der Waals surface area contributed by atoms with Crippen LogP contribution in [0, 0.1) is 5.82 Å². The van der Waals surface area contributed by atoms with Crippen molar-refractivity contribution in [2.45, 2.75) is 51.7 Å². The van der Waals surface area contributed by atoms with Gasteiger partial charge in [-0.05, 0) is 50.9 Å². The smallest absolute Gasteiger partial charge is 0.124 e. The molecule has 1 aliphatic rings. The molecule has 1 unspecified atom stereocenters. The second-order valence-electron chi connectivity index (χ2n) is 5.91. The van der Waals surface area contributed by atoms with Gasteiger partial charge < -0.3 is 5.32 Å². The van der Waals surface area contributed by atoms with Gasteiger partial charge in [-0.3, -0.25) is 4.90 Å². The molecule has 0 aromatic heterocycles. The lowest BCUT2D eigenvalue weighted by Gasteiger charge is -2.33. The third-order valence-electron chi connectivity index (χ3n) is 3.99. The van der Waals surface area contributed by atoms with E-state index in [1.165, 1.54) is 25.3 Å². The summed E-state index contributed by atoms with van der Waals surface area (Å²) in [7, 11) is 0. The number of rotatable bonds is 5. The molecule has 0 spiro atoms. The Labute approximate surface area is 129 Å². The summed E-state index contributed by atoms with van der Waals surface area (Å²) >= 11 is 3.47. The zero-order chi connectivity index (χ0) is 14.5. The summed E-state index contributed by atoms with van der Waals surface area (Å²) in [6, 6.07) is 6.04. The average molecular weight is 343 g/mol. The Morgan fingerprint density at radius 3 is 2.80 bits per heavy atom. The molecule has 0 amide bonds. The fraction of sp³-hybridized carbons (Fsp3) is 0.625. The van der Waals surface area contributed by atoms with E-state index in [2.05, 4.69) is 40.0 Å². The van der Waals surface area contributed by atoms with Gasteiger partial charge in [0.2, 0.25) is 0 Å². The molecule has 1 saturated heterocycles. The van der Waals surface area contributed by atoms with Crippen molar-refractivity contribution in [2.75, 3.05) is 13.1 Å². The first kappa shape index (κ1) is 15.9. The minimum atomic E-state index is -0.189. The fourth-order valence-electron chi connectivity index (χ4n) is 2.69. The molecule has 1 atom stereocenters. The van der Waals surface area contributed by atoms with Crippen molar-refractivity contribution in [1.29, 1.82) is 0 Å². The van der Waals surface area contributed by atoms with Gasteiger partial charge in [0.25, 0.3) is 0 Å². The Bertz CT molecular complexity index is 430. The van der Waals surface area contributed by atoms with Crippen LogP contribution >= 0.6 is 15.9 Å². The van der Waals surface area contributed by atoms with Crippen LogP contribution in [0.4, 0.5) is 4.39 Å². The molecule has 2 rings (SSSR count). The third kappa shape index (κ3) is 4.54. The lowest BCUT2D eigenvalue weighted by Crippen LogP contribution is -2.45. The number of piperidine rings is 1. The van der Waals surface area contributed by atoms with Crippen molar-refractivity contribution in [3.8, 4) is 0 Å². The van der Waals surface area contributed by atoms with Crippen molar-refractivity contribution in [3.05, 3.63) is 34.1 Å². The van der Waals surface area contributed by atoms with E-state index in [0.29, 0.717) is 12.1 Å². The van der Waals surface area contributed by atoms with Crippen molar-refractivity contribution < 1.29 is 4.39 Å². The third-order valence-corrected chi connectivity index (χ3v) is 4.72. The molecule has 1 aliphatic heterocycles. The number of benzene rings is 1. The summed E-state index contributed by atoms with van der Waals surface area (Å²) in [5, 5.41) is 3.60. The van der Waals surface area contributed by atoms with E-state index in [1.807, 2.05) is 6.07 Å². The fourth-order valence-corrected chi connectivity index (χ4v) is 3.17. The summed E-state index contributed by atoms with van der Waals surface area (Å²) < 4.78 is 14.0. The Hall–Kier alpha value is -0.450. The highest BCUT2D eigenvalue weighted by molar-refractivity contribution is 9.10. The van der Waals surface area contributed by atoms with Gasteiger partial charge in [-0.2, -0.15) is 0 Å². The Balaban J connectivity index is 2.01. The summed E-state index contributed by atoms with van der Waals surface area (Å²) in [4.78, 5) is 2.46. The molecular formula is C16H24BrFN2. The molecule has 1 heterocycles. The standard InChI is InChI=1S/C16H24BrFN2/c1-12(2)20(11-15-5-3-4-8-19-15)10-13-6-7-14(18)9-16(13)17/h6-7,9,12,15,19H,3-5,8,10-11H2,1-2H3. The summed E-state index contributed by atoms with van der Waals surface area (Å²) in [5.74, 6) is -0.189. The van der Waals surface area contributed by atoms with Crippen LogP contribution in [-0.2, 0) is 6.54 Å². The Morgan fingerprint density at radius 2 is 2.20 bits per heavy atom. The first-order valence-electron chi connectivity index (χ1n) is 7.47. The molecule has 2 nitrogen and oxygen atoms in total. The molecule has 4 heteroatoms. The van der Waals surface area contributed by atoms with Crippen LogP contribution in [0.1, 0.15) is 38.7 Å². The zero-order valence-corrected chi connectivity index (χ0v) is 13.9. The first-order chi connectivity index (χ1) is 9.56. The lowest BCUT2D eigenvalue weighted by atomic mass is 10.0. The van der Waals surface area contributed by atoms with Crippen molar-refractivity contribution in [2.24, 2.45) is 0 Å². The van der Waals surface area contributed by atoms with Crippen LogP contribution in [0.25, 0.3) is 0 Å². The number of hydrogen-bond donors (Lipinski definition) is 1. The van der Waals surface area contributed by atoms with E-state index in [4.69, 9.17) is 0 Å². The molecule has 0 saturated carbocycles. The minimum absolute atomic E-state index is 0.189. The van der Waals surface area contributed by atoms with E-state index < -0.39 is 0 Å². The largest absolute Gasteiger partial charge is 0.313 e. The van der Waals surface area contributed by atoms with E-state index in [-0.39, 0.29) is 5.82 Å². The maximum Gasteiger partial charge on any atom is 0.124 e. The van der Waals surface area contributed by atoms with Crippen LogP contribution in [0.2, 0.25) is 0 Å². The van der Waals surface area contributed by atoms with E-state index in [0.717, 1.165) is 29.7 Å². The van der Waals surface area contributed by atoms with Gasteiger partial charge >= 0.3 is 0 Å². The molecule has 0 aliphatic carbocycles. The SMILES string of the molecule is CC(C)N(Cc1ccc(F)cc1Br)CC1CCCCN1. The van der Waals surface area contributed by atoms with Crippen molar-refractivity contribution >= 4 is 15.9 Å². The highest BCUT2D eigenvalue weighted by atomic mass is 79.9. The van der Waals surface area contributed by atoms with Gasteiger partial charge in [0, 0.05) is 29.6 Å². The van der Waals surface area contributed by atoms with Gasteiger partial charge in [0.05, 0.1) is 0 Å². The zero-order valence-electron chi connectivity index (χ0n) is 12.3. The van der Waals surface area contributed by atoms with Crippen LogP contribution in [0.15, 0.2) is 22.7 Å². The van der Waals surface area contributed by atoms with Gasteiger partial charge in [-0.1, -0.05) is 28.4 Å². The highest BCUT2D eigenvalue weighted by Gasteiger charge is 2.19. The van der Waals surface area contributed by atoms with E-state index in [9.17, 15) is 4.39 Å². The lowest BCUT2D eigenvalue weighted by molar-refractivity contribution is 0.177. The number of hydrogen-bond acceptors (Lipinski definition) is 2. The molecule has 0 radical (unpaired) electrons. The van der Waals surface area contributed by atoms with Crippen LogP contribution in [0.5, 0.6) is 0 Å². The predicted molar refractivity (Wildman–Crippen MR) is 85.3 cm³/mol. The van der Waals surface area contributed by atoms with E-state index >= 15 is 0 Å². The van der Waals surface area contributed by atoms with Crippen LogP contribution in [-0.4, -0.2) is 30.1 Å². The van der Waals surface area contributed by atoms with Gasteiger partial charge in [-0.15, -0.1) is 0 Å². The summed E-state index contributed by atoms with van der Waals surface area (Å²) in [5.41, 5.74) is 1.15. The molecule has 1 N–H and O–H groups in total. The molecule has 1 aromatic carbocycles. The molecule has 1 aromatic rings. The van der Waals surface area contributed by atoms with Crippen molar-refractivity contribution in [3.63, 3.8) is 0 Å². The Morgan fingerprint density at radius 1 is 1.40 bits per heavy atom. The maximum atomic E-state index is 13.2. The van der Waals surface area contributed by atoms with Crippen molar-refractivity contribution in [1.82, 2.24) is 10.2 Å². The molecule has 112 valence electrons. The topological polar surface area (TPSA) is 15.3 Å². The number of halogens is 2. The highest BCUT2D eigenvalue weighted by Crippen LogP contribution is 2.21. The Kier molecular flexibility index (Phi) is 6.00. The molecular weight excluding hydrogens is 319 g/mol. The summed E-state index contributed by atoms with van der Waals surface area (Å²) in [6.45, 7) is 7.50. The average Bonchev–Trinajstić information content (AvgIpc) is 2.42. The molecule has 1 fully saturated rings. The van der Waals surface area contributed by atoms with Gasteiger partial charge in [0.1, 0.15) is 5.82 Å². The number of nitrogens with one attached hydrogen (secondary N) is 1. The first-order valence-corrected chi connectivity index (χ1v) is 8.27.